The topological polar surface area (TPSA) is 22.1 Å². The molecular weight excluding hydrogens is 241 g/mol. The highest BCUT2D eigenvalue weighted by atomic mass is 127. The third kappa shape index (κ3) is 1.59. The highest BCUT2D eigenvalue weighted by Crippen LogP contribution is 2.14. The van der Waals surface area contributed by atoms with E-state index in [4.69, 9.17) is 4.74 Å². The third-order valence-electron chi connectivity index (χ3n) is 1.22. The number of methoxy groups -OCH3 is 1. The van der Waals surface area contributed by atoms with Crippen molar-refractivity contribution in [3.8, 4) is 5.88 Å². The van der Waals surface area contributed by atoms with E-state index in [0.717, 1.165) is 0 Å². The van der Waals surface area contributed by atoms with Crippen LogP contribution in [0.25, 0.3) is 0 Å². The number of aromatic nitrogens is 1. The third-order valence-corrected chi connectivity index (χ3v) is 2.38. The highest BCUT2D eigenvalue weighted by molar-refractivity contribution is 14.1. The first-order valence-electron chi connectivity index (χ1n) is 2.90. The van der Waals surface area contributed by atoms with Gasteiger partial charge in [0.2, 0.25) is 5.88 Å². The summed E-state index contributed by atoms with van der Waals surface area (Å²) >= 11 is 2.25. The van der Waals surface area contributed by atoms with E-state index < -0.39 is 0 Å². The van der Waals surface area contributed by atoms with Gasteiger partial charge in [-0.1, -0.05) is 0 Å². The molecule has 0 aliphatic carbocycles. The fraction of sp³-hybridized carbons (Fsp3) is 0.286. The zero-order chi connectivity index (χ0) is 7.56. The molecule has 0 amide bonds. The van der Waals surface area contributed by atoms with Crippen LogP contribution in [0, 0.1) is 10.5 Å². The van der Waals surface area contributed by atoms with Crippen molar-refractivity contribution in [2.45, 2.75) is 6.92 Å². The molecule has 54 valence electrons. The molecule has 10 heavy (non-hydrogen) atoms. The summed E-state index contributed by atoms with van der Waals surface area (Å²) in [6.07, 6.45) is 1.81. The largest absolute Gasteiger partial charge is 0.481 e. The summed E-state index contributed by atoms with van der Waals surface area (Å²) in [7, 11) is 1.62. The predicted molar refractivity (Wildman–Crippen MR) is 48.2 cm³/mol. The lowest BCUT2D eigenvalue weighted by molar-refractivity contribution is 0.397. The van der Waals surface area contributed by atoms with E-state index in [1.165, 1.54) is 9.13 Å². The van der Waals surface area contributed by atoms with E-state index in [9.17, 15) is 0 Å². The zero-order valence-corrected chi connectivity index (χ0v) is 8.05. The summed E-state index contributed by atoms with van der Waals surface area (Å²) in [5, 5.41) is 0. The molecule has 0 N–H and O–H groups in total. The number of rotatable bonds is 1. The van der Waals surface area contributed by atoms with Crippen LogP contribution in [0.15, 0.2) is 12.3 Å². The Kier molecular flexibility index (Phi) is 2.48. The second kappa shape index (κ2) is 3.18. The summed E-state index contributed by atoms with van der Waals surface area (Å²) in [4.78, 5) is 4.03. The standard InChI is InChI=1S/C7H8INO/c1-5-4-9-7(10-2)3-6(5)8/h3-4H,1-2H3. The molecule has 0 unspecified atom stereocenters. The zero-order valence-electron chi connectivity index (χ0n) is 5.89. The average Bonchev–Trinajstić information content (AvgIpc) is 1.95. The molecule has 0 bridgehead atoms. The Labute approximate surface area is 73.8 Å². The van der Waals surface area contributed by atoms with Gasteiger partial charge >= 0.3 is 0 Å². The van der Waals surface area contributed by atoms with Crippen LogP contribution >= 0.6 is 22.6 Å². The number of ether oxygens (including phenoxy) is 1. The normalized spacial score (nSPS) is 9.50. The maximum absolute atomic E-state index is 4.93. The van der Waals surface area contributed by atoms with Gasteiger partial charge in [-0.15, -0.1) is 0 Å². The van der Waals surface area contributed by atoms with E-state index in [2.05, 4.69) is 27.6 Å². The summed E-state index contributed by atoms with van der Waals surface area (Å²) < 4.78 is 6.12. The second-order valence-electron chi connectivity index (χ2n) is 1.98. The number of hydrogen-bond acceptors (Lipinski definition) is 2. The van der Waals surface area contributed by atoms with Crippen LogP contribution in [0.3, 0.4) is 0 Å². The number of aryl methyl sites for hydroxylation is 1. The monoisotopic (exact) mass is 249 g/mol. The Bertz CT molecular complexity index is 237. The van der Waals surface area contributed by atoms with Gasteiger partial charge < -0.3 is 4.74 Å². The Balaban J connectivity index is 3.04. The van der Waals surface area contributed by atoms with Crippen LogP contribution in [0.2, 0.25) is 0 Å². The van der Waals surface area contributed by atoms with Crippen molar-refractivity contribution in [1.29, 1.82) is 0 Å². The Morgan fingerprint density at radius 3 is 2.80 bits per heavy atom. The van der Waals surface area contributed by atoms with Gasteiger partial charge in [0.15, 0.2) is 0 Å². The predicted octanol–water partition coefficient (Wildman–Crippen LogP) is 2.00. The maximum Gasteiger partial charge on any atom is 0.213 e. The Morgan fingerprint density at radius 2 is 2.30 bits per heavy atom. The molecule has 1 rings (SSSR count). The van der Waals surface area contributed by atoms with Gasteiger partial charge in [-0.05, 0) is 35.1 Å². The van der Waals surface area contributed by atoms with Gasteiger partial charge in [0.1, 0.15) is 0 Å². The van der Waals surface area contributed by atoms with E-state index in [1.54, 1.807) is 13.3 Å². The molecule has 0 spiro atoms. The Morgan fingerprint density at radius 1 is 1.60 bits per heavy atom. The lowest BCUT2D eigenvalue weighted by atomic mass is 10.3. The summed E-state index contributed by atoms with van der Waals surface area (Å²) in [6.45, 7) is 2.02. The molecule has 0 aliphatic heterocycles. The minimum Gasteiger partial charge on any atom is -0.481 e. The molecule has 2 nitrogen and oxygen atoms in total. The number of halogens is 1. The van der Waals surface area contributed by atoms with Crippen LogP contribution in [0.4, 0.5) is 0 Å². The number of nitrogens with zero attached hydrogens (tertiary/aromatic N) is 1. The van der Waals surface area contributed by atoms with Crippen molar-refractivity contribution < 1.29 is 4.74 Å². The van der Waals surface area contributed by atoms with Crippen LogP contribution in [0.5, 0.6) is 5.88 Å². The van der Waals surface area contributed by atoms with Crippen LogP contribution < -0.4 is 4.74 Å². The average molecular weight is 249 g/mol. The molecule has 1 aromatic rings. The second-order valence-corrected chi connectivity index (χ2v) is 3.14. The SMILES string of the molecule is COc1cc(I)c(C)cn1. The van der Waals surface area contributed by atoms with Crippen molar-refractivity contribution in [1.82, 2.24) is 4.98 Å². The van der Waals surface area contributed by atoms with Crippen molar-refractivity contribution in [2.24, 2.45) is 0 Å². The molecule has 0 aliphatic rings. The maximum atomic E-state index is 4.93. The van der Waals surface area contributed by atoms with Crippen molar-refractivity contribution in [3.63, 3.8) is 0 Å². The van der Waals surface area contributed by atoms with Gasteiger partial charge in [0.05, 0.1) is 7.11 Å². The molecule has 0 fully saturated rings. The Hall–Kier alpha value is -0.320. The molecule has 0 radical (unpaired) electrons. The van der Waals surface area contributed by atoms with Gasteiger partial charge in [-0.2, -0.15) is 0 Å². The lowest BCUT2D eigenvalue weighted by Crippen LogP contribution is -1.89. The fourth-order valence-electron chi connectivity index (χ4n) is 0.593. The van der Waals surface area contributed by atoms with E-state index in [0.29, 0.717) is 5.88 Å². The van der Waals surface area contributed by atoms with Crippen LogP contribution in [0.1, 0.15) is 5.56 Å². The van der Waals surface area contributed by atoms with Crippen molar-refractivity contribution in [2.75, 3.05) is 7.11 Å². The molecule has 0 aromatic carbocycles. The minimum absolute atomic E-state index is 0.676. The van der Waals surface area contributed by atoms with E-state index in [1.807, 2.05) is 13.0 Å². The highest BCUT2D eigenvalue weighted by Gasteiger charge is 1.96. The number of pyridine rings is 1. The van der Waals surface area contributed by atoms with Gasteiger partial charge in [-0.25, -0.2) is 4.98 Å². The summed E-state index contributed by atoms with van der Waals surface area (Å²) in [6, 6.07) is 1.91. The first-order chi connectivity index (χ1) is 4.74. The van der Waals surface area contributed by atoms with Crippen molar-refractivity contribution >= 4 is 22.6 Å². The minimum atomic E-state index is 0.676. The smallest absolute Gasteiger partial charge is 0.213 e. The molecule has 0 saturated carbocycles. The summed E-state index contributed by atoms with van der Waals surface area (Å²) in [5.74, 6) is 0.676. The quantitative estimate of drug-likeness (QED) is 0.710. The van der Waals surface area contributed by atoms with Crippen molar-refractivity contribution in [3.05, 3.63) is 21.4 Å². The van der Waals surface area contributed by atoms with Gasteiger partial charge in [-0.3, -0.25) is 0 Å². The van der Waals surface area contributed by atoms with Gasteiger partial charge in [0, 0.05) is 15.8 Å². The molecule has 1 heterocycles. The number of hydrogen-bond donors (Lipinski definition) is 0. The molecule has 0 atom stereocenters. The van der Waals surface area contributed by atoms with Crippen LogP contribution in [-0.4, -0.2) is 12.1 Å². The lowest BCUT2D eigenvalue weighted by Gasteiger charge is -1.99. The van der Waals surface area contributed by atoms with Gasteiger partial charge in [0.25, 0.3) is 0 Å². The summed E-state index contributed by atoms with van der Waals surface area (Å²) in [5.41, 5.74) is 1.18. The molecule has 0 saturated heterocycles. The molecule has 1 aromatic heterocycles. The van der Waals surface area contributed by atoms with E-state index in [-0.39, 0.29) is 0 Å². The first kappa shape index (κ1) is 7.78. The fourth-order valence-corrected chi connectivity index (χ4v) is 0.999. The van der Waals surface area contributed by atoms with E-state index >= 15 is 0 Å². The van der Waals surface area contributed by atoms with Crippen LogP contribution in [-0.2, 0) is 0 Å². The first-order valence-corrected chi connectivity index (χ1v) is 3.98. The molecular formula is C7H8INO. The molecule has 3 heteroatoms.